The molecule has 3 aromatic rings. The van der Waals surface area contributed by atoms with E-state index in [4.69, 9.17) is 0 Å². The molecule has 1 N–H and O–H groups in total. The van der Waals surface area contributed by atoms with Crippen molar-refractivity contribution in [2.24, 2.45) is 0 Å². The molecule has 124 valence electrons. The van der Waals surface area contributed by atoms with Crippen molar-refractivity contribution >= 4 is 32.6 Å². The number of fused-ring (bicyclic) bond motifs is 2. The predicted molar refractivity (Wildman–Crippen MR) is 92.3 cm³/mol. The van der Waals surface area contributed by atoms with Gasteiger partial charge in [-0.15, -0.1) is 0 Å². The van der Waals surface area contributed by atoms with Gasteiger partial charge in [-0.2, -0.15) is 5.10 Å². The molecule has 1 amide bonds. The van der Waals surface area contributed by atoms with E-state index in [-0.39, 0.29) is 18.1 Å². The first-order valence-corrected chi connectivity index (χ1v) is 8.84. The number of hydrogen-bond acceptors (Lipinski definition) is 5. The molecule has 0 fully saturated rings. The molecule has 24 heavy (non-hydrogen) atoms. The van der Waals surface area contributed by atoms with Crippen LogP contribution in [0.25, 0.3) is 10.2 Å². The predicted octanol–water partition coefficient (Wildman–Crippen LogP) is 2.02. The molecule has 0 radical (unpaired) electrons. The summed E-state index contributed by atoms with van der Waals surface area (Å²) in [6.45, 7) is 0.600. The van der Waals surface area contributed by atoms with Crippen LogP contribution >= 0.6 is 11.3 Å². The molecule has 0 unspecified atom stereocenters. The Bertz CT molecular complexity index is 922. The van der Waals surface area contributed by atoms with Crippen LogP contribution in [0.5, 0.6) is 0 Å². The maximum absolute atomic E-state index is 12.4. The average molecular weight is 343 g/mol. The number of carbonyl (C=O) groups is 1. The molecule has 0 spiro atoms. The van der Waals surface area contributed by atoms with Crippen molar-refractivity contribution in [2.75, 3.05) is 5.32 Å². The van der Waals surface area contributed by atoms with Crippen molar-refractivity contribution in [2.45, 2.75) is 38.8 Å². The summed E-state index contributed by atoms with van der Waals surface area (Å²) in [5.41, 5.74) is 0.648. The molecule has 3 heterocycles. The molecule has 0 saturated heterocycles. The molecule has 1 aliphatic rings. The van der Waals surface area contributed by atoms with Crippen LogP contribution in [0.3, 0.4) is 0 Å². The van der Waals surface area contributed by atoms with Gasteiger partial charge in [0.2, 0.25) is 5.91 Å². The van der Waals surface area contributed by atoms with Gasteiger partial charge in [0, 0.05) is 13.0 Å². The van der Waals surface area contributed by atoms with Crippen LogP contribution < -0.4 is 11.0 Å². The summed E-state index contributed by atoms with van der Waals surface area (Å²) in [4.78, 5) is 29.0. The number of para-hydroxylation sites is 1. The van der Waals surface area contributed by atoms with E-state index in [2.05, 4.69) is 15.4 Å². The molecule has 1 aromatic carbocycles. The molecule has 8 heteroatoms. The molecule has 0 saturated carbocycles. The van der Waals surface area contributed by atoms with Gasteiger partial charge in [-0.05, 0) is 25.0 Å². The summed E-state index contributed by atoms with van der Waals surface area (Å²) >= 11 is 1.41. The van der Waals surface area contributed by atoms with Gasteiger partial charge >= 0.3 is 5.69 Å². The number of rotatable bonds is 3. The van der Waals surface area contributed by atoms with Gasteiger partial charge in [0.25, 0.3) is 0 Å². The van der Waals surface area contributed by atoms with Gasteiger partial charge < -0.3 is 5.32 Å². The highest BCUT2D eigenvalue weighted by Crippen LogP contribution is 2.25. The van der Waals surface area contributed by atoms with Gasteiger partial charge in [0.05, 0.1) is 10.2 Å². The highest BCUT2D eigenvalue weighted by Gasteiger charge is 2.17. The zero-order valence-electron chi connectivity index (χ0n) is 13.1. The van der Waals surface area contributed by atoms with E-state index in [1.165, 1.54) is 16.0 Å². The van der Waals surface area contributed by atoms with Crippen LogP contribution in [-0.2, 0) is 24.3 Å². The molecular formula is C16H17N5O2S. The topological polar surface area (TPSA) is 81.8 Å². The van der Waals surface area contributed by atoms with Crippen LogP contribution in [-0.4, -0.2) is 25.2 Å². The first kappa shape index (κ1) is 15.1. The van der Waals surface area contributed by atoms with Crippen LogP contribution in [0.1, 0.15) is 25.1 Å². The Labute approximate surface area is 141 Å². The van der Waals surface area contributed by atoms with Gasteiger partial charge in [-0.25, -0.2) is 14.5 Å². The van der Waals surface area contributed by atoms with Crippen LogP contribution in [0.4, 0.5) is 5.13 Å². The Balaban J connectivity index is 1.51. The second-order valence-corrected chi connectivity index (χ2v) is 6.88. The summed E-state index contributed by atoms with van der Waals surface area (Å²) in [5.74, 6) is 0.495. The normalized spacial score (nSPS) is 14.3. The summed E-state index contributed by atoms with van der Waals surface area (Å²) < 4.78 is 3.96. The molecule has 7 nitrogen and oxygen atoms in total. The number of aryl methyl sites for hydroxylation is 1. The third-order valence-electron chi connectivity index (χ3n) is 4.12. The van der Waals surface area contributed by atoms with E-state index in [1.54, 1.807) is 4.57 Å². The Kier molecular flexibility index (Phi) is 3.89. The van der Waals surface area contributed by atoms with Crippen molar-refractivity contribution in [3.05, 3.63) is 40.6 Å². The van der Waals surface area contributed by atoms with E-state index in [9.17, 15) is 9.59 Å². The highest BCUT2D eigenvalue weighted by molar-refractivity contribution is 7.22. The van der Waals surface area contributed by atoms with E-state index < -0.39 is 0 Å². The fourth-order valence-electron chi connectivity index (χ4n) is 2.95. The van der Waals surface area contributed by atoms with Gasteiger partial charge in [0.15, 0.2) is 5.13 Å². The second-order valence-electron chi connectivity index (χ2n) is 5.85. The molecule has 2 aromatic heterocycles. The van der Waals surface area contributed by atoms with E-state index in [1.807, 2.05) is 24.3 Å². The zero-order chi connectivity index (χ0) is 16.5. The third-order valence-corrected chi connectivity index (χ3v) is 5.07. The lowest BCUT2D eigenvalue weighted by Crippen LogP contribution is -2.30. The van der Waals surface area contributed by atoms with Gasteiger partial charge in [-0.1, -0.05) is 29.9 Å². The fourth-order valence-corrected chi connectivity index (χ4v) is 3.83. The number of amides is 1. The fraction of sp³-hybridized carbons (Fsp3) is 0.375. The molecule has 0 bridgehead atoms. The number of hydrogen-bond donors (Lipinski definition) is 1. The molecular weight excluding hydrogens is 326 g/mol. The van der Waals surface area contributed by atoms with E-state index in [0.29, 0.717) is 11.7 Å². The smallest absolute Gasteiger partial charge is 0.300 e. The van der Waals surface area contributed by atoms with Crippen molar-refractivity contribution in [3.8, 4) is 0 Å². The lowest BCUT2D eigenvalue weighted by molar-refractivity contribution is -0.117. The maximum Gasteiger partial charge on any atom is 0.346 e. The van der Waals surface area contributed by atoms with Crippen molar-refractivity contribution in [1.29, 1.82) is 0 Å². The van der Waals surface area contributed by atoms with E-state index >= 15 is 0 Å². The molecule has 0 aliphatic carbocycles. The number of aromatic nitrogens is 4. The Morgan fingerprint density at radius 3 is 3.00 bits per heavy atom. The monoisotopic (exact) mass is 343 g/mol. The number of nitrogens with zero attached hydrogens (tertiary/aromatic N) is 4. The molecule has 1 aliphatic heterocycles. The zero-order valence-corrected chi connectivity index (χ0v) is 13.9. The second kappa shape index (κ2) is 6.20. The van der Waals surface area contributed by atoms with Crippen LogP contribution in [0, 0.1) is 0 Å². The first-order valence-electron chi connectivity index (χ1n) is 8.03. The number of benzene rings is 1. The Morgan fingerprint density at radius 2 is 2.12 bits per heavy atom. The highest BCUT2D eigenvalue weighted by atomic mass is 32.1. The Hall–Kier alpha value is -2.48. The minimum absolute atomic E-state index is 0.0885. The van der Waals surface area contributed by atoms with Gasteiger partial charge in [-0.3, -0.25) is 9.36 Å². The first-order chi connectivity index (χ1) is 11.7. The SMILES string of the molecule is O=C(Cn1nc2n(c1=O)CCCCC2)Nc1nc2ccccc2s1. The molecule has 4 rings (SSSR count). The van der Waals surface area contributed by atoms with Crippen molar-refractivity contribution in [3.63, 3.8) is 0 Å². The van der Waals surface area contributed by atoms with Crippen LogP contribution in [0.2, 0.25) is 0 Å². The molecule has 0 atom stereocenters. The number of anilines is 1. The summed E-state index contributed by atoms with van der Waals surface area (Å²) in [7, 11) is 0. The number of carbonyl (C=O) groups excluding carboxylic acids is 1. The quantitative estimate of drug-likeness (QED) is 0.789. The van der Waals surface area contributed by atoms with Crippen molar-refractivity contribution < 1.29 is 4.79 Å². The van der Waals surface area contributed by atoms with Crippen molar-refractivity contribution in [1.82, 2.24) is 19.3 Å². The Morgan fingerprint density at radius 1 is 1.25 bits per heavy atom. The summed E-state index contributed by atoms with van der Waals surface area (Å²) in [5, 5.41) is 7.62. The standard InChI is InChI=1S/C16H17N5O2S/c22-14(18-15-17-11-6-3-4-7-12(11)24-15)10-21-16(23)20-9-5-1-2-8-13(20)19-21/h3-4,6-7H,1-2,5,8-10H2,(H,17,18,22). The minimum atomic E-state index is -0.288. The number of nitrogens with one attached hydrogen (secondary N) is 1. The van der Waals surface area contributed by atoms with Crippen LogP contribution in [0.15, 0.2) is 29.1 Å². The number of thiazole rings is 1. The summed E-state index contributed by atoms with van der Waals surface area (Å²) in [6.07, 6.45) is 3.92. The largest absolute Gasteiger partial charge is 0.346 e. The van der Waals surface area contributed by atoms with Gasteiger partial charge in [0.1, 0.15) is 12.4 Å². The van der Waals surface area contributed by atoms with E-state index in [0.717, 1.165) is 41.7 Å². The lowest BCUT2D eigenvalue weighted by atomic mass is 10.2. The minimum Gasteiger partial charge on any atom is -0.300 e. The third kappa shape index (κ3) is 2.84. The average Bonchev–Trinajstić information content (AvgIpc) is 2.99. The summed E-state index contributed by atoms with van der Waals surface area (Å²) in [6, 6.07) is 7.70. The lowest BCUT2D eigenvalue weighted by Gasteiger charge is -2.01. The maximum atomic E-state index is 12.4.